The van der Waals surface area contributed by atoms with E-state index >= 15 is 0 Å². The Bertz CT molecular complexity index is 4320. The van der Waals surface area contributed by atoms with Crippen molar-refractivity contribution in [1.82, 2.24) is 0 Å². The summed E-state index contributed by atoms with van der Waals surface area (Å²) in [6.45, 7) is 52.1. The Morgan fingerprint density at radius 1 is 0.402 bits per heavy atom. The number of methoxy groups -OCH3 is 1. The number of aliphatic hydroxyl groups excluding tert-OH is 3. The molecular weight excluding hydrogens is 1550 g/mol. The van der Waals surface area contributed by atoms with Gasteiger partial charge in [-0.1, -0.05) is 30.3 Å². The van der Waals surface area contributed by atoms with E-state index in [9.17, 15) is 105 Å². The summed E-state index contributed by atoms with van der Waals surface area (Å²) in [5.41, 5.74) is -8.44. The van der Waals surface area contributed by atoms with Gasteiger partial charge in [0.15, 0.2) is 43.0 Å². The predicted octanol–water partition coefficient (Wildman–Crippen LogP) is 18.4. The maximum atomic E-state index is 13.3. The van der Waals surface area contributed by atoms with Crippen LogP contribution in [0.25, 0.3) is 24.2 Å². The van der Waals surface area contributed by atoms with Crippen molar-refractivity contribution in [2.75, 3.05) is 38.2 Å². The number of alkyl halides is 15. The molecule has 10 rings (SSSR count). The quantitative estimate of drug-likeness (QED) is 0.0455. The minimum Gasteiger partial charge on any atom is -0.444 e. The molecule has 5 aliphatic heterocycles. The van der Waals surface area contributed by atoms with Crippen LogP contribution in [0.2, 0.25) is 19.6 Å². The highest BCUT2D eigenvalue weighted by molar-refractivity contribution is 6.69. The van der Waals surface area contributed by atoms with Gasteiger partial charge in [-0.25, -0.2) is 53.1 Å². The highest BCUT2D eigenvalue weighted by atomic mass is 28.4. The van der Waals surface area contributed by atoms with Crippen molar-refractivity contribution in [1.29, 1.82) is 0 Å². The Labute approximate surface area is 630 Å². The summed E-state index contributed by atoms with van der Waals surface area (Å²) in [6.07, 6.45) is -33.9. The lowest BCUT2D eigenvalue weighted by Gasteiger charge is -2.33. The fourth-order valence-electron chi connectivity index (χ4n) is 12.4. The van der Waals surface area contributed by atoms with Crippen LogP contribution in [0, 0.1) is 32.9 Å². The Morgan fingerprint density at radius 3 is 0.884 bits per heavy atom. The summed E-state index contributed by atoms with van der Waals surface area (Å²) in [6, 6.07) is 12.2. The van der Waals surface area contributed by atoms with E-state index in [0.29, 0.717) is 0 Å². The molecule has 41 heteroatoms. The van der Waals surface area contributed by atoms with E-state index in [2.05, 4.69) is 24.2 Å². The number of carbonyl (C=O) groups excluding carboxylic acids is 5. The molecule has 0 bridgehead atoms. The number of hydrogen-bond acceptors (Lipinski definition) is 15. The molecule has 1 unspecified atom stereocenters. The molecule has 5 aromatic rings. The first-order chi connectivity index (χ1) is 51.8. The number of hydrogen-bond donors (Lipinski definition) is 3. The van der Waals surface area contributed by atoms with Crippen LogP contribution < -0.4 is 24.5 Å². The number of carbonyl (C=O) groups is 5. The minimum absolute atomic E-state index is 0.0316. The van der Waals surface area contributed by atoms with Crippen molar-refractivity contribution in [3.05, 3.63) is 176 Å². The number of rotatable bonds is 12. The highest BCUT2D eigenvalue weighted by Gasteiger charge is 2.50. The van der Waals surface area contributed by atoms with Crippen molar-refractivity contribution < 1.29 is 138 Å². The molecule has 25 nitrogen and oxygen atoms in total. The smallest absolute Gasteiger partial charge is 0.416 e. The van der Waals surface area contributed by atoms with E-state index < -0.39 is 212 Å². The summed E-state index contributed by atoms with van der Waals surface area (Å²) in [4.78, 5) is 78.9. The van der Waals surface area contributed by atoms with Gasteiger partial charge in [-0.3, -0.25) is 19.6 Å². The zero-order valence-electron chi connectivity index (χ0n) is 60.8. The standard InChI is InChI=1S/C17H21F3N2O3Si.2C14H13F3N2O3.2C13H11F3N2O3/c1-10-15(11(2)25-26(4,5)6)22(16(23)24-10)12-7-8-14(21-3)13(9-12)17(18,19)20;2*1-7(20)12-8(2)22-13(21)19(12)9-4-5-11(18-3)10(6-9)14(15,16)17;1-7-11(20-3)18(12(19)21-7)8-4-5-10(17-2)9(6-8)13(14,15)16;1-7-11(6-19)18(12(20)21-7)8-3-4-10(17-2)9(5-8)13(14,15)16/h7-11,15H,1-2,4-6H3;2*4-8,12,20H,1-2H3;4-7,11H,1,3H3;3-5,7,11,19H,6H2,1H3/t10-,11?,15+;7-,8+,12+;7-,8-,12-;2*7-,11-/m01000/s1. The maximum absolute atomic E-state index is 13.3. The molecular formula is C71H69F15N10O15Si. The fraction of sp³-hybridized carbons (Fsp3) is 0.437. The third kappa shape index (κ3) is 20.5. The van der Waals surface area contributed by atoms with Crippen LogP contribution in [0.1, 0.15) is 83.2 Å². The van der Waals surface area contributed by atoms with Gasteiger partial charge in [0.1, 0.15) is 54.7 Å². The maximum Gasteiger partial charge on any atom is 0.416 e. The van der Waals surface area contributed by atoms with E-state index in [1.807, 2.05) is 19.6 Å². The number of aliphatic hydroxyl groups is 3. The lowest BCUT2D eigenvalue weighted by Crippen LogP contribution is -2.48. The van der Waals surface area contributed by atoms with Crippen molar-refractivity contribution in [2.45, 2.75) is 185 Å². The summed E-state index contributed by atoms with van der Waals surface area (Å²) in [7, 11) is -0.611. The molecule has 5 aliphatic rings. The van der Waals surface area contributed by atoms with Crippen LogP contribution in [-0.2, 0) is 63.7 Å². The van der Waals surface area contributed by atoms with E-state index in [-0.39, 0.29) is 28.4 Å². The number of halogens is 15. The molecule has 0 aliphatic carbocycles. The topological polar surface area (TPSA) is 249 Å². The molecule has 3 N–H and O–H groups in total. The molecule has 5 amide bonds. The number of amides is 5. The minimum atomic E-state index is -4.72. The fourth-order valence-corrected chi connectivity index (χ4v) is 13.7. The second-order valence-electron chi connectivity index (χ2n) is 26.1. The first-order valence-corrected chi connectivity index (χ1v) is 36.3. The third-order valence-corrected chi connectivity index (χ3v) is 18.2. The molecule has 5 heterocycles. The van der Waals surface area contributed by atoms with Crippen molar-refractivity contribution in [3.8, 4) is 0 Å². The average Bonchev–Trinajstić information content (AvgIpc) is 1.65. The zero-order valence-corrected chi connectivity index (χ0v) is 61.8. The summed E-state index contributed by atoms with van der Waals surface area (Å²) < 4.78 is 232. The Morgan fingerprint density at radius 2 is 0.634 bits per heavy atom. The van der Waals surface area contributed by atoms with Gasteiger partial charge in [0, 0.05) is 35.5 Å². The van der Waals surface area contributed by atoms with E-state index in [0.717, 1.165) is 80.3 Å². The SMILES string of the molecule is [C-]#[N+]c1ccc(N2C(=O)O[C@@H](C)[C@@H]2C(C)O[Si](C)(C)C)cc1C(F)(F)F.[C-]#[N+]c1ccc(N2C(=O)O[C@@H](C)[C@@H]2CO)cc1C(F)(F)F.[C-]#[N+]c1ccc(N2C(=O)O[C@@H](C)[C@@H]2OC)cc1C(F)(F)F.[C-]#[N+]c1ccc(N2C(=O)O[C@@H](C)[C@@H]2[C@@H](C)O)cc1C(F)(F)F.[C-]#[N+]c1ccc(N2C(=O)O[C@@H](C)[C@@H]2[C@H](C)O)cc1C(F)(F)F. The van der Waals surface area contributed by atoms with Crippen LogP contribution in [-0.4, -0.2) is 147 Å². The molecule has 5 saturated heterocycles. The van der Waals surface area contributed by atoms with Crippen molar-refractivity contribution in [2.24, 2.45) is 0 Å². The average molecular weight is 1620 g/mol. The lowest BCUT2D eigenvalue weighted by molar-refractivity contribution is -0.137. The van der Waals surface area contributed by atoms with Crippen molar-refractivity contribution >= 4 is 95.7 Å². The summed E-state index contributed by atoms with van der Waals surface area (Å²) in [5.74, 6) is 0. The van der Waals surface area contributed by atoms with Crippen LogP contribution in [0.15, 0.2) is 91.0 Å². The summed E-state index contributed by atoms with van der Waals surface area (Å²) >= 11 is 0. The molecule has 0 radical (unpaired) electrons. The van der Waals surface area contributed by atoms with Crippen LogP contribution >= 0.6 is 0 Å². The van der Waals surface area contributed by atoms with Crippen LogP contribution in [0.5, 0.6) is 0 Å². The van der Waals surface area contributed by atoms with Gasteiger partial charge < -0.3 is 48.2 Å². The number of benzene rings is 5. The van der Waals surface area contributed by atoms with Gasteiger partial charge in [0.2, 0.25) is 0 Å². The van der Waals surface area contributed by atoms with Gasteiger partial charge in [0.25, 0.3) is 0 Å². The van der Waals surface area contributed by atoms with E-state index in [1.165, 1.54) is 63.1 Å². The Kier molecular flexibility index (Phi) is 28.1. The number of ether oxygens (including phenoxy) is 6. The second-order valence-corrected chi connectivity index (χ2v) is 30.6. The largest absolute Gasteiger partial charge is 0.444 e. The Hall–Kier alpha value is -11.1. The lowest BCUT2D eigenvalue weighted by atomic mass is 10.0. The number of anilines is 5. The normalized spacial score (nSPS) is 22.5. The Balaban J connectivity index is 0.000000219. The van der Waals surface area contributed by atoms with Crippen LogP contribution in [0.3, 0.4) is 0 Å². The summed E-state index contributed by atoms with van der Waals surface area (Å²) in [5, 5.41) is 28.8. The van der Waals surface area contributed by atoms with Gasteiger partial charge in [-0.2, -0.15) is 65.9 Å². The second kappa shape index (κ2) is 35.1. The van der Waals surface area contributed by atoms with Crippen molar-refractivity contribution in [3.63, 3.8) is 0 Å². The molecule has 0 saturated carbocycles. The van der Waals surface area contributed by atoms with E-state index in [1.54, 1.807) is 34.6 Å². The van der Waals surface area contributed by atoms with Gasteiger partial charge in [-0.15, -0.1) is 0 Å². The molecule has 0 spiro atoms. The monoisotopic (exact) mass is 1610 g/mol. The molecule has 13 atom stereocenters. The number of cyclic esters (lactones) is 5. The van der Waals surface area contributed by atoms with Gasteiger partial charge >= 0.3 is 61.3 Å². The predicted molar refractivity (Wildman–Crippen MR) is 371 cm³/mol. The van der Waals surface area contributed by atoms with E-state index in [4.69, 9.17) is 65.7 Å². The number of nitrogens with zero attached hydrogens (tertiary/aromatic N) is 10. The molecule has 0 aromatic heterocycles. The molecule has 602 valence electrons. The van der Waals surface area contributed by atoms with Gasteiger partial charge in [0.05, 0.1) is 85.6 Å². The van der Waals surface area contributed by atoms with Gasteiger partial charge in [-0.05, 0) is 136 Å². The zero-order chi connectivity index (χ0) is 84.7. The molecule has 5 aromatic carbocycles. The van der Waals surface area contributed by atoms with Crippen LogP contribution in [0.4, 0.5) is 147 Å². The highest BCUT2D eigenvalue weighted by Crippen LogP contribution is 2.47. The first kappa shape index (κ1) is 89.8. The molecule has 5 fully saturated rings. The third-order valence-electron chi connectivity index (χ3n) is 17.1. The molecule has 112 heavy (non-hydrogen) atoms. The first-order valence-electron chi connectivity index (χ1n) is 32.9.